The molecule has 0 unspecified atom stereocenters. The molecule has 0 spiro atoms. The van der Waals surface area contributed by atoms with Gasteiger partial charge in [0, 0.05) is 5.56 Å². The maximum atomic E-state index is 12.8. The molecule has 0 atom stereocenters. The zero-order chi connectivity index (χ0) is 20.2. The van der Waals surface area contributed by atoms with Gasteiger partial charge in [-0.2, -0.15) is 13.2 Å². The highest BCUT2D eigenvalue weighted by atomic mass is 19.4. The number of alkyl halides is 3. The lowest BCUT2D eigenvalue weighted by Crippen LogP contribution is -2.27. The number of aryl methyl sites for hydroxylation is 1. The molecule has 0 radical (unpaired) electrons. The molecule has 0 bridgehead atoms. The third-order valence-electron chi connectivity index (χ3n) is 3.61. The zero-order valence-electron chi connectivity index (χ0n) is 15.1. The van der Waals surface area contributed by atoms with E-state index >= 15 is 0 Å². The quantitative estimate of drug-likeness (QED) is 0.832. The van der Waals surface area contributed by atoms with Crippen LogP contribution in [-0.4, -0.2) is 37.4 Å². The molecule has 8 heteroatoms. The summed E-state index contributed by atoms with van der Waals surface area (Å²) in [5, 5.41) is 5.26. The van der Waals surface area contributed by atoms with Crippen molar-refractivity contribution in [3.63, 3.8) is 0 Å². The number of nitrogens with one attached hydrogen (secondary N) is 2. The van der Waals surface area contributed by atoms with Gasteiger partial charge in [0.05, 0.1) is 23.5 Å². The van der Waals surface area contributed by atoms with Crippen LogP contribution in [-0.2, 0) is 11.0 Å². The van der Waals surface area contributed by atoms with Gasteiger partial charge in [0.1, 0.15) is 0 Å². The number of hydrogen-bond acceptors (Lipinski definition) is 3. The van der Waals surface area contributed by atoms with E-state index in [0.29, 0.717) is 11.4 Å². The highest BCUT2D eigenvalue weighted by molar-refractivity contribution is 6.07. The second-order valence-corrected chi connectivity index (χ2v) is 6.37. The summed E-state index contributed by atoms with van der Waals surface area (Å²) in [6.45, 7) is 1.94. The second kappa shape index (κ2) is 8.22. The van der Waals surface area contributed by atoms with Crippen molar-refractivity contribution in [2.24, 2.45) is 0 Å². The Morgan fingerprint density at radius 2 is 1.70 bits per heavy atom. The number of likely N-dealkylation sites (N-methyl/N-ethyl adjacent to an activating group) is 1. The maximum Gasteiger partial charge on any atom is 0.416 e. The topological polar surface area (TPSA) is 61.4 Å². The van der Waals surface area contributed by atoms with Crippen molar-refractivity contribution in [2.75, 3.05) is 31.3 Å². The number of benzene rings is 2. The molecule has 144 valence electrons. The SMILES string of the molecule is Cc1ccc(NC(=O)CN(C)C)c(NC(=O)c2cccc(C(F)(F)F)c2)c1. The summed E-state index contributed by atoms with van der Waals surface area (Å²) in [6, 6.07) is 9.18. The van der Waals surface area contributed by atoms with E-state index in [-0.39, 0.29) is 18.0 Å². The van der Waals surface area contributed by atoms with Crippen LogP contribution in [0.3, 0.4) is 0 Å². The van der Waals surface area contributed by atoms with Crippen LogP contribution in [0.25, 0.3) is 0 Å². The van der Waals surface area contributed by atoms with E-state index in [1.165, 1.54) is 12.1 Å². The fourth-order valence-electron chi connectivity index (χ4n) is 2.38. The fraction of sp³-hybridized carbons (Fsp3) is 0.263. The first-order valence-corrected chi connectivity index (χ1v) is 8.10. The third kappa shape index (κ3) is 5.82. The van der Waals surface area contributed by atoms with Crippen LogP contribution < -0.4 is 10.6 Å². The Balaban J connectivity index is 2.25. The van der Waals surface area contributed by atoms with Crippen molar-refractivity contribution < 1.29 is 22.8 Å². The molecule has 5 nitrogen and oxygen atoms in total. The van der Waals surface area contributed by atoms with Gasteiger partial charge < -0.3 is 15.5 Å². The number of carbonyl (C=O) groups is 2. The number of hydrogen-bond donors (Lipinski definition) is 2. The molecule has 2 aromatic carbocycles. The average molecular weight is 379 g/mol. The van der Waals surface area contributed by atoms with Crippen molar-refractivity contribution in [2.45, 2.75) is 13.1 Å². The van der Waals surface area contributed by atoms with E-state index in [1.807, 2.05) is 0 Å². The third-order valence-corrected chi connectivity index (χ3v) is 3.61. The minimum absolute atomic E-state index is 0.128. The molecule has 27 heavy (non-hydrogen) atoms. The summed E-state index contributed by atoms with van der Waals surface area (Å²) in [7, 11) is 3.48. The summed E-state index contributed by atoms with van der Waals surface area (Å²) in [6.07, 6.45) is -4.54. The van der Waals surface area contributed by atoms with Crippen LogP contribution >= 0.6 is 0 Å². The highest BCUT2D eigenvalue weighted by Crippen LogP contribution is 2.30. The Kier molecular flexibility index (Phi) is 6.22. The Hall–Kier alpha value is -2.87. The van der Waals surface area contributed by atoms with E-state index in [1.54, 1.807) is 44.1 Å². The molecule has 0 fully saturated rings. The minimum Gasteiger partial charge on any atom is -0.323 e. The van der Waals surface area contributed by atoms with Gasteiger partial charge in [-0.05, 0) is 56.9 Å². The standard InChI is InChI=1S/C19H20F3N3O2/c1-12-7-8-15(23-17(26)11-25(2)3)16(9-12)24-18(27)13-5-4-6-14(10-13)19(20,21)22/h4-10H,11H2,1-3H3,(H,23,26)(H,24,27). The van der Waals surface area contributed by atoms with Crippen molar-refractivity contribution in [1.82, 2.24) is 4.90 Å². The fourth-order valence-corrected chi connectivity index (χ4v) is 2.38. The summed E-state index contributed by atoms with van der Waals surface area (Å²) in [5.74, 6) is -0.978. The summed E-state index contributed by atoms with van der Waals surface area (Å²) < 4.78 is 38.5. The molecular formula is C19H20F3N3O2. The molecule has 0 saturated heterocycles. The van der Waals surface area contributed by atoms with Gasteiger partial charge in [-0.15, -0.1) is 0 Å². The van der Waals surface area contributed by atoms with E-state index < -0.39 is 17.6 Å². The van der Waals surface area contributed by atoms with E-state index in [4.69, 9.17) is 0 Å². The molecular weight excluding hydrogens is 359 g/mol. The molecule has 0 heterocycles. The summed E-state index contributed by atoms with van der Waals surface area (Å²) in [4.78, 5) is 26.1. The van der Waals surface area contributed by atoms with Crippen LogP contribution in [0.2, 0.25) is 0 Å². The first-order chi connectivity index (χ1) is 12.6. The number of amides is 2. The van der Waals surface area contributed by atoms with Gasteiger partial charge in [-0.3, -0.25) is 9.59 Å². The van der Waals surface area contributed by atoms with Gasteiger partial charge in [-0.25, -0.2) is 0 Å². The van der Waals surface area contributed by atoms with E-state index in [9.17, 15) is 22.8 Å². The van der Waals surface area contributed by atoms with Gasteiger partial charge >= 0.3 is 6.18 Å². The molecule has 2 aromatic rings. The summed E-state index contributed by atoms with van der Waals surface area (Å²) in [5.41, 5.74) is 0.466. The van der Waals surface area contributed by atoms with E-state index in [2.05, 4.69) is 10.6 Å². The molecule has 0 aromatic heterocycles. The Morgan fingerprint density at radius 1 is 1.00 bits per heavy atom. The maximum absolute atomic E-state index is 12.8. The molecule has 2 amide bonds. The number of rotatable bonds is 5. The lowest BCUT2D eigenvalue weighted by atomic mass is 10.1. The number of carbonyl (C=O) groups excluding carboxylic acids is 2. The largest absolute Gasteiger partial charge is 0.416 e. The molecule has 0 aliphatic rings. The molecule has 0 saturated carbocycles. The van der Waals surface area contributed by atoms with Crippen molar-refractivity contribution in [3.8, 4) is 0 Å². The van der Waals surface area contributed by atoms with Crippen LogP contribution in [0, 0.1) is 6.92 Å². The minimum atomic E-state index is -4.54. The highest BCUT2D eigenvalue weighted by Gasteiger charge is 2.31. The number of anilines is 2. The lowest BCUT2D eigenvalue weighted by Gasteiger charge is -2.15. The molecule has 0 aliphatic heterocycles. The van der Waals surface area contributed by atoms with Crippen molar-refractivity contribution in [1.29, 1.82) is 0 Å². The number of halogens is 3. The van der Waals surface area contributed by atoms with E-state index in [0.717, 1.165) is 17.7 Å². The molecule has 0 aliphatic carbocycles. The first-order valence-electron chi connectivity index (χ1n) is 8.10. The Labute approximate surface area is 155 Å². The van der Waals surface area contributed by atoms with Crippen LogP contribution in [0.15, 0.2) is 42.5 Å². The predicted octanol–water partition coefficient (Wildman–Crippen LogP) is 3.77. The molecule has 2 rings (SSSR count). The smallest absolute Gasteiger partial charge is 0.323 e. The Bertz CT molecular complexity index is 848. The van der Waals surface area contributed by atoms with Crippen LogP contribution in [0.1, 0.15) is 21.5 Å². The van der Waals surface area contributed by atoms with Crippen molar-refractivity contribution >= 4 is 23.2 Å². The van der Waals surface area contributed by atoms with Crippen LogP contribution in [0.4, 0.5) is 24.5 Å². The van der Waals surface area contributed by atoms with Gasteiger partial charge in [0.15, 0.2) is 0 Å². The molecule has 2 N–H and O–H groups in total. The second-order valence-electron chi connectivity index (χ2n) is 6.37. The van der Waals surface area contributed by atoms with Gasteiger partial charge in [-0.1, -0.05) is 12.1 Å². The first kappa shape index (κ1) is 20.4. The Morgan fingerprint density at radius 3 is 2.33 bits per heavy atom. The normalized spacial score (nSPS) is 11.4. The monoisotopic (exact) mass is 379 g/mol. The van der Waals surface area contributed by atoms with Gasteiger partial charge in [0.2, 0.25) is 5.91 Å². The van der Waals surface area contributed by atoms with Crippen molar-refractivity contribution in [3.05, 3.63) is 59.2 Å². The van der Waals surface area contributed by atoms with Gasteiger partial charge in [0.25, 0.3) is 5.91 Å². The number of nitrogens with zero attached hydrogens (tertiary/aromatic N) is 1. The average Bonchev–Trinajstić information content (AvgIpc) is 2.56. The van der Waals surface area contributed by atoms with Crippen LogP contribution in [0.5, 0.6) is 0 Å². The summed E-state index contributed by atoms with van der Waals surface area (Å²) >= 11 is 0. The predicted molar refractivity (Wildman–Crippen MR) is 97.8 cm³/mol. The zero-order valence-corrected chi connectivity index (χ0v) is 15.1. The lowest BCUT2D eigenvalue weighted by molar-refractivity contribution is -0.137.